The number of benzene rings is 1. The van der Waals surface area contributed by atoms with Gasteiger partial charge in [-0.2, -0.15) is 0 Å². The van der Waals surface area contributed by atoms with Gasteiger partial charge in [0, 0.05) is 0 Å². The van der Waals surface area contributed by atoms with Gasteiger partial charge in [-0.1, -0.05) is 30.3 Å². The maximum Gasteiger partial charge on any atom is 0.308 e. The Bertz CT molecular complexity index is 380. The van der Waals surface area contributed by atoms with Gasteiger partial charge in [-0.15, -0.1) is 0 Å². The van der Waals surface area contributed by atoms with E-state index in [4.69, 9.17) is 9.47 Å². The van der Waals surface area contributed by atoms with Gasteiger partial charge in [-0.05, 0) is 37.7 Å². The molecule has 3 heteroatoms. The Balaban J connectivity index is 1.65. The van der Waals surface area contributed by atoms with E-state index in [2.05, 4.69) is 24.3 Å². The Morgan fingerprint density at radius 1 is 1.16 bits per heavy atom. The highest BCUT2D eigenvalue weighted by Crippen LogP contribution is 2.27. The summed E-state index contributed by atoms with van der Waals surface area (Å²) >= 11 is 0. The monoisotopic (exact) mass is 262 g/mol. The van der Waals surface area contributed by atoms with E-state index in [9.17, 15) is 4.79 Å². The van der Waals surface area contributed by atoms with Crippen LogP contribution >= 0.6 is 0 Å². The van der Waals surface area contributed by atoms with Crippen LogP contribution in [0, 0.1) is 5.92 Å². The number of hydrogen-bond acceptors (Lipinski definition) is 3. The van der Waals surface area contributed by atoms with Crippen LogP contribution in [0.2, 0.25) is 0 Å². The second-order valence-corrected chi connectivity index (χ2v) is 5.10. The highest BCUT2D eigenvalue weighted by atomic mass is 16.5. The lowest BCUT2D eigenvalue weighted by Crippen LogP contribution is -2.27. The van der Waals surface area contributed by atoms with Gasteiger partial charge in [0.15, 0.2) is 0 Å². The normalized spacial score (nSPS) is 23.0. The van der Waals surface area contributed by atoms with Crippen molar-refractivity contribution < 1.29 is 14.3 Å². The molecule has 104 valence electrons. The second kappa shape index (κ2) is 7.29. The van der Waals surface area contributed by atoms with E-state index in [1.807, 2.05) is 6.07 Å². The lowest BCUT2D eigenvalue weighted by Gasteiger charge is -2.27. The number of carbonyl (C=O) groups excluding carboxylic acids is 1. The van der Waals surface area contributed by atoms with Crippen LogP contribution in [0.25, 0.3) is 0 Å². The average Bonchev–Trinajstić information content (AvgIpc) is 2.48. The summed E-state index contributed by atoms with van der Waals surface area (Å²) in [7, 11) is 1.46. The van der Waals surface area contributed by atoms with Crippen LogP contribution in [-0.2, 0) is 20.7 Å². The minimum Gasteiger partial charge on any atom is -0.469 e. The van der Waals surface area contributed by atoms with Crippen molar-refractivity contribution in [3.63, 3.8) is 0 Å². The summed E-state index contributed by atoms with van der Waals surface area (Å²) in [5, 5.41) is 0. The van der Waals surface area contributed by atoms with Crippen LogP contribution in [0.5, 0.6) is 0 Å². The molecule has 0 saturated heterocycles. The highest BCUT2D eigenvalue weighted by Gasteiger charge is 2.27. The van der Waals surface area contributed by atoms with Crippen molar-refractivity contribution in [3.05, 3.63) is 35.9 Å². The molecular weight excluding hydrogens is 240 g/mol. The van der Waals surface area contributed by atoms with Crippen molar-refractivity contribution in [2.24, 2.45) is 5.92 Å². The van der Waals surface area contributed by atoms with Crippen molar-refractivity contribution in [1.82, 2.24) is 0 Å². The zero-order valence-electron chi connectivity index (χ0n) is 11.5. The summed E-state index contributed by atoms with van der Waals surface area (Å²) in [5.41, 5.74) is 1.31. The van der Waals surface area contributed by atoms with Gasteiger partial charge in [-0.25, -0.2) is 0 Å². The molecule has 0 radical (unpaired) electrons. The fourth-order valence-electron chi connectivity index (χ4n) is 2.62. The Labute approximate surface area is 114 Å². The number of carbonyl (C=O) groups is 1. The van der Waals surface area contributed by atoms with Gasteiger partial charge in [0.25, 0.3) is 0 Å². The van der Waals surface area contributed by atoms with Gasteiger partial charge in [0.1, 0.15) is 0 Å². The molecule has 1 aromatic rings. The molecule has 0 atom stereocenters. The summed E-state index contributed by atoms with van der Waals surface area (Å²) in [4.78, 5) is 11.4. The first-order valence-corrected chi connectivity index (χ1v) is 7.03. The fourth-order valence-corrected chi connectivity index (χ4v) is 2.62. The van der Waals surface area contributed by atoms with Crippen molar-refractivity contribution in [2.45, 2.75) is 38.2 Å². The zero-order chi connectivity index (χ0) is 13.5. The molecule has 0 aromatic heterocycles. The van der Waals surface area contributed by atoms with Crippen molar-refractivity contribution in [1.29, 1.82) is 0 Å². The van der Waals surface area contributed by atoms with Crippen LogP contribution in [0.3, 0.4) is 0 Å². The summed E-state index contributed by atoms with van der Waals surface area (Å²) in [6, 6.07) is 10.4. The van der Waals surface area contributed by atoms with Crippen LogP contribution in [-0.4, -0.2) is 25.8 Å². The van der Waals surface area contributed by atoms with Gasteiger partial charge in [0.05, 0.1) is 25.7 Å². The molecular formula is C16H22O3. The molecule has 1 aliphatic rings. The molecule has 0 N–H and O–H groups in total. The average molecular weight is 262 g/mol. The zero-order valence-corrected chi connectivity index (χ0v) is 11.5. The third kappa shape index (κ3) is 4.35. The molecule has 2 rings (SSSR count). The number of rotatable bonds is 5. The van der Waals surface area contributed by atoms with E-state index >= 15 is 0 Å². The van der Waals surface area contributed by atoms with Crippen molar-refractivity contribution in [2.75, 3.05) is 13.7 Å². The van der Waals surface area contributed by atoms with E-state index in [0.29, 0.717) is 6.10 Å². The molecule has 0 heterocycles. The van der Waals surface area contributed by atoms with Gasteiger partial charge in [0.2, 0.25) is 0 Å². The Kier molecular flexibility index (Phi) is 5.40. The smallest absolute Gasteiger partial charge is 0.308 e. The molecule has 1 saturated carbocycles. The highest BCUT2D eigenvalue weighted by molar-refractivity contribution is 5.72. The number of esters is 1. The van der Waals surface area contributed by atoms with E-state index in [1.54, 1.807) is 0 Å². The molecule has 0 unspecified atom stereocenters. The summed E-state index contributed by atoms with van der Waals surface area (Å²) in [6.45, 7) is 0.761. The minimum absolute atomic E-state index is 0.0669. The molecule has 19 heavy (non-hydrogen) atoms. The minimum atomic E-state index is -0.0669. The molecule has 0 aliphatic heterocycles. The lowest BCUT2D eigenvalue weighted by atomic mass is 9.87. The fraction of sp³-hybridized carbons (Fsp3) is 0.562. The largest absolute Gasteiger partial charge is 0.469 e. The molecule has 3 nitrogen and oxygen atoms in total. The van der Waals surface area contributed by atoms with E-state index in [0.717, 1.165) is 38.7 Å². The van der Waals surface area contributed by atoms with Crippen LogP contribution in [0.1, 0.15) is 31.2 Å². The summed E-state index contributed by atoms with van der Waals surface area (Å²) < 4.78 is 10.7. The topological polar surface area (TPSA) is 35.5 Å². The molecule has 1 fully saturated rings. The first-order chi connectivity index (χ1) is 9.29. The predicted octanol–water partition coefficient (Wildman–Crippen LogP) is 2.98. The quantitative estimate of drug-likeness (QED) is 0.765. The first-order valence-electron chi connectivity index (χ1n) is 7.03. The number of methoxy groups -OCH3 is 1. The molecule has 0 bridgehead atoms. The molecule has 0 spiro atoms. The second-order valence-electron chi connectivity index (χ2n) is 5.10. The number of ether oxygens (including phenoxy) is 2. The van der Waals surface area contributed by atoms with Crippen LogP contribution in [0.15, 0.2) is 30.3 Å². The summed E-state index contributed by atoms with van der Waals surface area (Å²) in [5.74, 6) is 0.0155. The third-order valence-corrected chi connectivity index (χ3v) is 3.80. The Morgan fingerprint density at radius 3 is 2.47 bits per heavy atom. The maximum atomic E-state index is 11.4. The van der Waals surface area contributed by atoms with Gasteiger partial charge < -0.3 is 9.47 Å². The van der Waals surface area contributed by atoms with Gasteiger partial charge in [-0.3, -0.25) is 4.79 Å². The molecule has 1 aliphatic carbocycles. The maximum absolute atomic E-state index is 11.4. The molecule has 0 amide bonds. The van der Waals surface area contributed by atoms with Crippen molar-refractivity contribution >= 4 is 5.97 Å². The van der Waals surface area contributed by atoms with E-state index < -0.39 is 0 Å². The SMILES string of the molecule is COC(=O)C1CCC(OCCc2ccccc2)CC1. The summed E-state index contributed by atoms with van der Waals surface area (Å²) in [6.07, 6.45) is 4.98. The number of hydrogen-bond donors (Lipinski definition) is 0. The van der Waals surface area contributed by atoms with E-state index in [1.165, 1.54) is 12.7 Å². The van der Waals surface area contributed by atoms with Gasteiger partial charge >= 0.3 is 5.97 Å². The standard InChI is InChI=1S/C16H22O3/c1-18-16(17)14-7-9-15(10-8-14)19-12-11-13-5-3-2-4-6-13/h2-6,14-15H,7-12H2,1H3. The molecule has 1 aromatic carbocycles. The van der Waals surface area contributed by atoms with E-state index in [-0.39, 0.29) is 11.9 Å². The Hall–Kier alpha value is -1.35. The first kappa shape index (κ1) is 14.1. The van der Waals surface area contributed by atoms with Crippen molar-refractivity contribution in [3.8, 4) is 0 Å². The Morgan fingerprint density at radius 2 is 1.84 bits per heavy atom. The predicted molar refractivity (Wildman–Crippen MR) is 73.9 cm³/mol. The lowest BCUT2D eigenvalue weighted by molar-refractivity contribution is -0.147. The van der Waals surface area contributed by atoms with Crippen LogP contribution in [0.4, 0.5) is 0 Å². The third-order valence-electron chi connectivity index (χ3n) is 3.80. The van der Waals surface area contributed by atoms with Crippen LogP contribution < -0.4 is 0 Å².